The highest BCUT2D eigenvalue weighted by Gasteiger charge is 2.03. The van der Waals surface area contributed by atoms with E-state index in [9.17, 15) is 0 Å². The minimum Gasteiger partial charge on any atom is -0.308 e. The molecule has 3 N–H and O–H groups in total. The molecule has 1 atom stereocenters. The third kappa shape index (κ3) is 4.49. The third-order valence-electron chi connectivity index (χ3n) is 1.27. The fourth-order valence-corrected chi connectivity index (χ4v) is 0.837. The second-order valence-electron chi connectivity index (χ2n) is 2.65. The zero-order chi connectivity index (χ0) is 7.98. The molecule has 0 aromatic rings. The molecule has 0 aliphatic rings. The molecule has 0 bridgehead atoms. The Bertz CT molecular complexity index is 90.9. The number of nitrogens with two attached hydrogens (primary N) is 1. The van der Waals surface area contributed by atoms with Gasteiger partial charge in [0.2, 0.25) is 0 Å². The Morgan fingerprint density at radius 2 is 2.30 bits per heavy atom. The van der Waals surface area contributed by atoms with Crippen LogP contribution in [0.1, 0.15) is 6.42 Å². The lowest BCUT2D eigenvalue weighted by molar-refractivity contribution is 0.341. The van der Waals surface area contributed by atoms with Gasteiger partial charge in [-0.1, -0.05) is 6.08 Å². The van der Waals surface area contributed by atoms with Gasteiger partial charge in [0.15, 0.2) is 0 Å². The topological polar surface area (TPSA) is 41.3 Å². The first-order chi connectivity index (χ1) is 4.70. The molecule has 0 amide bonds. The summed E-state index contributed by atoms with van der Waals surface area (Å²) in [5.74, 6) is 5.28. The van der Waals surface area contributed by atoms with Crippen molar-refractivity contribution in [1.82, 2.24) is 10.3 Å². The zero-order valence-corrected chi connectivity index (χ0v) is 6.80. The fourth-order valence-electron chi connectivity index (χ4n) is 0.837. The van der Waals surface area contributed by atoms with Crippen LogP contribution in [0.25, 0.3) is 0 Å². The normalized spacial score (nSPS) is 13.6. The van der Waals surface area contributed by atoms with Crippen molar-refractivity contribution in [2.24, 2.45) is 5.84 Å². The van der Waals surface area contributed by atoms with Crippen LogP contribution in [0.2, 0.25) is 0 Å². The number of nitrogens with one attached hydrogen (secondary N) is 1. The van der Waals surface area contributed by atoms with Crippen LogP contribution in [0.4, 0.5) is 0 Å². The number of rotatable bonds is 5. The highest BCUT2D eigenvalue weighted by molar-refractivity contribution is 4.77. The number of likely N-dealkylation sites (N-methyl/N-ethyl adjacent to an activating group) is 1. The number of hydrogen-bond donors (Lipinski definition) is 2. The maximum absolute atomic E-state index is 5.28. The molecule has 0 saturated heterocycles. The minimum absolute atomic E-state index is 0.326. The van der Waals surface area contributed by atoms with E-state index in [-0.39, 0.29) is 0 Å². The largest absolute Gasteiger partial charge is 0.308 e. The molecule has 3 nitrogen and oxygen atoms in total. The Hall–Kier alpha value is -0.380. The lowest BCUT2D eigenvalue weighted by atomic mass is 10.2. The highest BCUT2D eigenvalue weighted by Crippen LogP contribution is 1.91. The van der Waals surface area contributed by atoms with Crippen molar-refractivity contribution in [3.8, 4) is 0 Å². The van der Waals surface area contributed by atoms with Gasteiger partial charge in [0.05, 0.1) is 0 Å². The second kappa shape index (κ2) is 5.41. The van der Waals surface area contributed by atoms with Crippen molar-refractivity contribution in [2.45, 2.75) is 12.5 Å². The molecule has 0 aromatic heterocycles. The summed E-state index contributed by atoms with van der Waals surface area (Å²) in [6.07, 6.45) is 2.78. The van der Waals surface area contributed by atoms with E-state index >= 15 is 0 Å². The van der Waals surface area contributed by atoms with Gasteiger partial charge in [0, 0.05) is 12.6 Å². The van der Waals surface area contributed by atoms with E-state index in [2.05, 4.69) is 16.9 Å². The van der Waals surface area contributed by atoms with Gasteiger partial charge in [0.1, 0.15) is 0 Å². The first-order valence-corrected chi connectivity index (χ1v) is 3.42. The Balaban J connectivity index is 3.48. The van der Waals surface area contributed by atoms with Gasteiger partial charge in [-0.25, -0.2) is 0 Å². The van der Waals surface area contributed by atoms with Crippen molar-refractivity contribution in [2.75, 3.05) is 20.6 Å². The third-order valence-corrected chi connectivity index (χ3v) is 1.27. The fraction of sp³-hybridized carbons (Fsp3) is 0.714. The summed E-state index contributed by atoms with van der Waals surface area (Å²) in [5, 5.41) is 0. The van der Waals surface area contributed by atoms with Crippen LogP contribution in [-0.4, -0.2) is 31.6 Å². The van der Waals surface area contributed by atoms with Crippen molar-refractivity contribution in [3.63, 3.8) is 0 Å². The number of hydrogen-bond acceptors (Lipinski definition) is 3. The average molecular weight is 143 g/mol. The Morgan fingerprint density at radius 1 is 1.70 bits per heavy atom. The van der Waals surface area contributed by atoms with Crippen LogP contribution in [0, 0.1) is 0 Å². The van der Waals surface area contributed by atoms with E-state index in [1.807, 2.05) is 20.2 Å². The van der Waals surface area contributed by atoms with Gasteiger partial charge in [-0.3, -0.25) is 11.3 Å². The summed E-state index contributed by atoms with van der Waals surface area (Å²) in [7, 11) is 4.04. The van der Waals surface area contributed by atoms with Crippen molar-refractivity contribution >= 4 is 0 Å². The van der Waals surface area contributed by atoms with Crippen LogP contribution < -0.4 is 11.3 Å². The summed E-state index contributed by atoms with van der Waals surface area (Å²) < 4.78 is 0. The summed E-state index contributed by atoms with van der Waals surface area (Å²) in [6, 6.07) is 0.326. The maximum atomic E-state index is 5.28. The molecule has 60 valence electrons. The molecule has 0 rings (SSSR count). The molecule has 0 spiro atoms. The second-order valence-corrected chi connectivity index (χ2v) is 2.65. The van der Waals surface area contributed by atoms with Crippen molar-refractivity contribution < 1.29 is 0 Å². The smallest absolute Gasteiger partial charge is 0.0371 e. The van der Waals surface area contributed by atoms with E-state index in [0.29, 0.717) is 6.04 Å². The Labute approximate surface area is 62.9 Å². The van der Waals surface area contributed by atoms with E-state index < -0.39 is 0 Å². The molecule has 0 aliphatic heterocycles. The Kier molecular flexibility index (Phi) is 5.20. The molecular formula is C7H17N3. The number of nitrogens with zero attached hydrogens (tertiary/aromatic N) is 1. The monoisotopic (exact) mass is 143 g/mol. The van der Waals surface area contributed by atoms with Gasteiger partial charge < -0.3 is 4.90 Å². The molecule has 0 radical (unpaired) electrons. The van der Waals surface area contributed by atoms with Gasteiger partial charge in [-0.2, -0.15) is 0 Å². The van der Waals surface area contributed by atoms with E-state index in [1.54, 1.807) is 0 Å². The van der Waals surface area contributed by atoms with Crippen molar-refractivity contribution in [1.29, 1.82) is 0 Å². The molecule has 0 aromatic carbocycles. The molecule has 0 fully saturated rings. The number of hydrazine groups is 1. The predicted molar refractivity (Wildman–Crippen MR) is 44.5 cm³/mol. The zero-order valence-electron chi connectivity index (χ0n) is 6.80. The maximum Gasteiger partial charge on any atom is 0.0371 e. The van der Waals surface area contributed by atoms with E-state index in [0.717, 1.165) is 13.0 Å². The van der Waals surface area contributed by atoms with Crippen LogP contribution in [-0.2, 0) is 0 Å². The molecular weight excluding hydrogens is 126 g/mol. The SMILES string of the molecule is C=CCC(CN(C)C)NN. The standard InChI is InChI=1S/C7H17N3/c1-4-5-7(9-8)6-10(2)3/h4,7,9H,1,5-6,8H2,2-3H3. The minimum atomic E-state index is 0.326. The summed E-state index contributed by atoms with van der Waals surface area (Å²) >= 11 is 0. The first-order valence-electron chi connectivity index (χ1n) is 3.42. The summed E-state index contributed by atoms with van der Waals surface area (Å²) in [5.41, 5.74) is 2.72. The van der Waals surface area contributed by atoms with Gasteiger partial charge in [-0.15, -0.1) is 6.58 Å². The first kappa shape index (κ1) is 9.62. The van der Waals surface area contributed by atoms with Crippen LogP contribution >= 0.6 is 0 Å². The average Bonchev–Trinajstić information content (AvgIpc) is 1.86. The van der Waals surface area contributed by atoms with Crippen LogP contribution in [0.15, 0.2) is 12.7 Å². The molecule has 1 unspecified atom stereocenters. The van der Waals surface area contributed by atoms with E-state index in [1.165, 1.54) is 0 Å². The lowest BCUT2D eigenvalue weighted by Gasteiger charge is -2.18. The van der Waals surface area contributed by atoms with Crippen molar-refractivity contribution in [3.05, 3.63) is 12.7 Å². The van der Waals surface area contributed by atoms with Gasteiger partial charge >= 0.3 is 0 Å². The Morgan fingerprint density at radius 3 is 2.60 bits per heavy atom. The van der Waals surface area contributed by atoms with Crippen LogP contribution in [0.3, 0.4) is 0 Å². The molecule has 0 saturated carbocycles. The molecule has 0 heterocycles. The summed E-state index contributed by atoms with van der Waals surface area (Å²) in [4.78, 5) is 2.09. The summed E-state index contributed by atoms with van der Waals surface area (Å²) in [6.45, 7) is 4.59. The van der Waals surface area contributed by atoms with Crippen LogP contribution in [0.5, 0.6) is 0 Å². The quantitative estimate of drug-likeness (QED) is 0.322. The van der Waals surface area contributed by atoms with Gasteiger partial charge in [0.25, 0.3) is 0 Å². The molecule has 3 heteroatoms. The molecule has 0 aliphatic carbocycles. The lowest BCUT2D eigenvalue weighted by Crippen LogP contribution is -2.41. The predicted octanol–water partition coefficient (Wildman–Crippen LogP) is -0.0440. The molecule has 10 heavy (non-hydrogen) atoms. The van der Waals surface area contributed by atoms with E-state index in [4.69, 9.17) is 5.84 Å². The highest BCUT2D eigenvalue weighted by atomic mass is 15.3. The van der Waals surface area contributed by atoms with Gasteiger partial charge in [-0.05, 0) is 20.5 Å².